The molecule has 0 saturated carbocycles. The highest BCUT2D eigenvalue weighted by Crippen LogP contribution is 2.37. The highest BCUT2D eigenvalue weighted by Gasteiger charge is 2.21. The van der Waals surface area contributed by atoms with E-state index in [-0.39, 0.29) is 0 Å². The summed E-state index contributed by atoms with van der Waals surface area (Å²) in [5.74, 6) is -0.105. The third-order valence-corrected chi connectivity index (χ3v) is 3.92. The van der Waals surface area contributed by atoms with Crippen LogP contribution in [-0.2, 0) is 0 Å². The van der Waals surface area contributed by atoms with E-state index in [1.807, 2.05) is 49.4 Å². The molecular weight excluding hydrogens is 286 g/mol. The second kappa shape index (κ2) is 5.87. The van der Waals surface area contributed by atoms with E-state index in [0.717, 1.165) is 33.3 Å². The molecule has 0 radical (unpaired) electrons. The lowest BCUT2D eigenvalue weighted by molar-refractivity contribution is 0.415. The van der Waals surface area contributed by atoms with Crippen molar-refractivity contribution in [1.82, 2.24) is 4.98 Å². The molecule has 0 aliphatic carbocycles. The summed E-state index contributed by atoms with van der Waals surface area (Å²) in [6.45, 7) is 2.02. The lowest BCUT2D eigenvalue weighted by atomic mass is 9.96. The summed E-state index contributed by atoms with van der Waals surface area (Å²) >= 11 is 0. The van der Waals surface area contributed by atoms with E-state index in [1.165, 1.54) is 0 Å². The number of hydrogen-bond acceptors (Lipinski definition) is 3. The Balaban J connectivity index is 2.34. The van der Waals surface area contributed by atoms with E-state index in [9.17, 15) is 10.5 Å². The molecule has 4 nitrogen and oxygen atoms in total. The Bertz CT molecular complexity index is 926. The number of nitriles is 2. The molecule has 3 rings (SSSR count). The Hall–Kier alpha value is -3.24. The lowest BCUT2D eigenvalue weighted by Crippen LogP contribution is -1.95. The van der Waals surface area contributed by atoms with Crippen molar-refractivity contribution in [2.75, 3.05) is 7.11 Å². The van der Waals surface area contributed by atoms with Gasteiger partial charge in [-0.25, -0.2) is 0 Å². The van der Waals surface area contributed by atoms with Gasteiger partial charge in [0.1, 0.15) is 5.75 Å². The van der Waals surface area contributed by atoms with Crippen LogP contribution in [0, 0.1) is 29.6 Å². The van der Waals surface area contributed by atoms with E-state index in [0.29, 0.717) is 5.69 Å². The molecule has 0 spiro atoms. The maximum atomic E-state index is 9.30. The molecule has 0 amide bonds. The van der Waals surface area contributed by atoms with Crippen molar-refractivity contribution >= 4 is 10.9 Å². The van der Waals surface area contributed by atoms with Gasteiger partial charge in [-0.1, -0.05) is 29.8 Å². The smallest absolute Gasteiger partial charge is 0.173 e. The van der Waals surface area contributed by atoms with Crippen molar-refractivity contribution in [2.45, 2.75) is 12.8 Å². The zero-order valence-corrected chi connectivity index (χ0v) is 12.9. The number of aryl methyl sites for hydroxylation is 1. The maximum Gasteiger partial charge on any atom is 0.173 e. The Labute approximate surface area is 134 Å². The van der Waals surface area contributed by atoms with Gasteiger partial charge in [0.25, 0.3) is 0 Å². The Morgan fingerprint density at radius 1 is 1.04 bits per heavy atom. The summed E-state index contributed by atoms with van der Waals surface area (Å²) in [5.41, 5.74) is 4.52. The molecule has 0 bridgehead atoms. The van der Waals surface area contributed by atoms with Crippen LogP contribution in [0.25, 0.3) is 22.0 Å². The van der Waals surface area contributed by atoms with Crippen LogP contribution < -0.4 is 4.74 Å². The Kier molecular flexibility index (Phi) is 3.75. The number of nitrogens with zero attached hydrogens (tertiary/aromatic N) is 2. The van der Waals surface area contributed by atoms with Crippen LogP contribution in [-0.4, -0.2) is 12.1 Å². The van der Waals surface area contributed by atoms with Gasteiger partial charge in [-0.2, -0.15) is 10.5 Å². The number of ether oxygens (including phenoxy) is 1. The molecule has 3 aromatic rings. The van der Waals surface area contributed by atoms with Gasteiger partial charge in [0.2, 0.25) is 0 Å². The monoisotopic (exact) mass is 301 g/mol. The van der Waals surface area contributed by atoms with Crippen LogP contribution >= 0.6 is 0 Å². The second-order valence-corrected chi connectivity index (χ2v) is 5.38. The summed E-state index contributed by atoms with van der Waals surface area (Å²) in [5, 5.41) is 19.6. The average molecular weight is 301 g/mol. The standard InChI is InChI=1S/C19H15N3O/c1-12-3-5-13(6-4-12)18-16-9-15(23-2)7-8-17(16)22-19(18)14(10-20)11-21/h3-9,14,22H,1-2H3. The molecule has 1 N–H and O–H groups in total. The van der Waals surface area contributed by atoms with Gasteiger partial charge in [0.05, 0.1) is 24.9 Å². The molecule has 0 aliphatic heterocycles. The van der Waals surface area contributed by atoms with Crippen molar-refractivity contribution in [3.05, 3.63) is 53.7 Å². The molecule has 0 fully saturated rings. The SMILES string of the molecule is COc1ccc2[nH]c(C(C#N)C#N)c(-c3ccc(C)cc3)c2c1. The summed E-state index contributed by atoms with van der Waals surface area (Å²) in [6, 6.07) is 17.9. The fourth-order valence-corrected chi connectivity index (χ4v) is 2.72. The minimum atomic E-state index is -0.843. The first kappa shape index (κ1) is 14.7. The number of H-pyrrole nitrogens is 1. The zero-order valence-electron chi connectivity index (χ0n) is 12.9. The number of fused-ring (bicyclic) bond motifs is 1. The molecule has 0 aliphatic rings. The van der Waals surface area contributed by atoms with Gasteiger partial charge in [-0.15, -0.1) is 0 Å². The molecular formula is C19H15N3O. The summed E-state index contributed by atoms with van der Waals surface area (Å²) < 4.78 is 5.31. The number of methoxy groups -OCH3 is 1. The van der Waals surface area contributed by atoms with Gasteiger partial charge in [0, 0.05) is 16.5 Å². The van der Waals surface area contributed by atoms with Crippen molar-refractivity contribution in [2.24, 2.45) is 0 Å². The van der Waals surface area contributed by atoms with Crippen LogP contribution in [0.2, 0.25) is 0 Å². The molecule has 4 heteroatoms. The predicted octanol–water partition coefficient (Wildman–Crippen LogP) is 4.28. The highest BCUT2D eigenvalue weighted by molar-refractivity contribution is 5.99. The number of hydrogen-bond donors (Lipinski definition) is 1. The third-order valence-electron chi connectivity index (χ3n) is 3.92. The first-order valence-corrected chi connectivity index (χ1v) is 7.24. The molecule has 0 atom stereocenters. The summed E-state index contributed by atoms with van der Waals surface area (Å²) in [4.78, 5) is 3.23. The lowest BCUT2D eigenvalue weighted by Gasteiger charge is -2.06. The van der Waals surface area contributed by atoms with E-state index in [2.05, 4.69) is 17.1 Å². The molecule has 1 aromatic heterocycles. The first-order chi connectivity index (χ1) is 11.2. The zero-order chi connectivity index (χ0) is 16.4. The van der Waals surface area contributed by atoms with Crippen molar-refractivity contribution in [3.8, 4) is 29.0 Å². The molecule has 2 aromatic carbocycles. The van der Waals surface area contributed by atoms with E-state index >= 15 is 0 Å². The summed E-state index contributed by atoms with van der Waals surface area (Å²) in [7, 11) is 1.62. The number of nitrogens with one attached hydrogen (secondary N) is 1. The van der Waals surface area contributed by atoms with Crippen LogP contribution in [0.5, 0.6) is 5.75 Å². The van der Waals surface area contributed by atoms with Crippen LogP contribution in [0.4, 0.5) is 0 Å². The van der Waals surface area contributed by atoms with Crippen molar-refractivity contribution < 1.29 is 4.74 Å². The molecule has 23 heavy (non-hydrogen) atoms. The van der Waals surface area contributed by atoms with Gasteiger partial charge in [-0.3, -0.25) is 0 Å². The largest absolute Gasteiger partial charge is 0.497 e. The summed E-state index contributed by atoms with van der Waals surface area (Å²) in [6.07, 6.45) is 0. The quantitative estimate of drug-likeness (QED) is 0.784. The highest BCUT2D eigenvalue weighted by atomic mass is 16.5. The van der Waals surface area contributed by atoms with Gasteiger partial charge < -0.3 is 9.72 Å². The topological polar surface area (TPSA) is 72.6 Å². The second-order valence-electron chi connectivity index (χ2n) is 5.38. The minimum Gasteiger partial charge on any atom is -0.497 e. The fraction of sp³-hybridized carbons (Fsp3) is 0.158. The van der Waals surface area contributed by atoms with Crippen molar-refractivity contribution in [1.29, 1.82) is 10.5 Å². The Morgan fingerprint density at radius 2 is 1.74 bits per heavy atom. The average Bonchev–Trinajstić information content (AvgIpc) is 2.95. The Morgan fingerprint density at radius 3 is 2.35 bits per heavy atom. The minimum absolute atomic E-state index is 0.627. The molecule has 112 valence electrons. The van der Waals surface area contributed by atoms with E-state index < -0.39 is 5.92 Å². The van der Waals surface area contributed by atoms with Gasteiger partial charge in [-0.05, 0) is 30.7 Å². The number of benzene rings is 2. The van der Waals surface area contributed by atoms with Gasteiger partial charge in [0.15, 0.2) is 5.92 Å². The predicted molar refractivity (Wildman–Crippen MR) is 89.0 cm³/mol. The number of aromatic amines is 1. The first-order valence-electron chi connectivity index (χ1n) is 7.24. The molecule has 0 unspecified atom stereocenters. The van der Waals surface area contributed by atoms with Gasteiger partial charge >= 0.3 is 0 Å². The van der Waals surface area contributed by atoms with E-state index in [1.54, 1.807) is 7.11 Å². The maximum absolute atomic E-state index is 9.30. The number of aromatic nitrogens is 1. The van der Waals surface area contributed by atoms with E-state index in [4.69, 9.17) is 4.74 Å². The molecule has 0 saturated heterocycles. The van der Waals surface area contributed by atoms with Crippen LogP contribution in [0.1, 0.15) is 17.2 Å². The number of rotatable bonds is 3. The van der Waals surface area contributed by atoms with Crippen molar-refractivity contribution in [3.63, 3.8) is 0 Å². The fourth-order valence-electron chi connectivity index (χ4n) is 2.72. The van der Waals surface area contributed by atoms with Crippen LogP contribution in [0.15, 0.2) is 42.5 Å². The molecule has 1 heterocycles. The van der Waals surface area contributed by atoms with Crippen LogP contribution in [0.3, 0.4) is 0 Å². The third kappa shape index (κ3) is 2.52. The normalized spacial score (nSPS) is 10.5.